The van der Waals surface area contributed by atoms with Crippen LogP contribution < -0.4 is 0 Å². The van der Waals surface area contributed by atoms with E-state index in [9.17, 15) is 23.2 Å². The van der Waals surface area contributed by atoms with Crippen LogP contribution in [-0.2, 0) is 13.0 Å². The number of rotatable bonds is 4. The normalized spacial score (nSPS) is 13.9. The van der Waals surface area contributed by atoms with Crippen molar-refractivity contribution in [3.05, 3.63) is 59.2 Å². The molecule has 9 heteroatoms. The van der Waals surface area contributed by atoms with Crippen LogP contribution in [0.1, 0.15) is 41.4 Å². The number of oxazole rings is 1. The fourth-order valence-corrected chi connectivity index (χ4v) is 3.53. The van der Waals surface area contributed by atoms with Crippen LogP contribution in [0, 0.1) is 16.7 Å². The monoisotopic (exact) mass is 440 g/mol. The van der Waals surface area contributed by atoms with Gasteiger partial charge in [0.25, 0.3) is 5.91 Å². The van der Waals surface area contributed by atoms with Crippen LogP contribution in [0.15, 0.2) is 40.9 Å². The van der Waals surface area contributed by atoms with Gasteiger partial charge in [-0.05, 0) is 23.8 Å². The number of hydrogen-bond donors (Lipinski definition) is 0. The van der Waals surface area contributed by atoms with Crippen LogP contribution in [0.5, 0.6) is 0 Å². The van der Waals surface area contributed by atoms with Crippen molar-refractivity contribution in [2.24, 2.45) is 5.41 Å². The van der Waals surface area contributed by atoms with Crippen LogP contribution in [0.2, 0.25) is 0 Å². The first-order valence-corrected chi connectivity index (χ1v) is 9.82. The summed E-state index contributed by atoms with van der Waals surface area (Å²) in [5.74, 6) is 0.0634. The van der Waals surface area contributed by atoms with E-state index in [1.54, 1.807) is 30.1 Å². The lowest BCUT2D eigenvalue weighted by Gasteiger charge is -2.25. The Morgan fingerprint density at radius 1 is 1.19 bits per heavy atom. The first kappa shape index (κ1) is 21.6. The third-order valence-corrected chi connectivity index (χ3v) is 5.56. The highest BCUT2D eigenvalue weighted by Crippen LogP contribution is 2.41. The fraction of sp³-hybridized carbons (Fsp3) is 0.304. The number of amides is 1. The van der Waals surface area contributed by atoms with Gasteiger partial charge in [-0.25, -0.2) is 9.97 Å². The quantitative estimate of drug-likeness (QED) is 0.571. The van der Waals surface area contributed by atoms with Crippen LogP contribution in [-0.4, -0.2) is 34.0 Å². The van der Waals surface area contributed by atoms with Crippen LogP contribution >= 0.6 is 0 Å². The largest absolute Gasteiger partial charge is 0.441 e. The standard InChI is InChI=1S/C23H19F3N4O2/c1-22(2,23(24,25)26)9-19-28-11-18(32-19)16-7-6-15(10-27)29-20(16)13-4-5-14-12-30(3)21(31)17(14)8-13/h4-8,11H,9,12H2,1-3H3. The molecule has 0 spiro atoms. The summed E-state index contributed by atoms with van der Waals surface area (Å²) in [4.78, 5) is 22.4. The lowest BCUT2D eigenvalue weighted by molar-refractivity contribution is -0.212. The molecule has 3 heterocycles. The number of aromatic nitrogens is 2. The average molecular weight is 440 g/mol. The Bertz CT molecular complexity index is 1250. The Balaban J connectivity index is 1.76. The Hall–Kier alpha value is -3.67. The highest BCUT2D eigenvalue weighted by atomic mass is 19.4. The molecule has 0 fully saturated rings. The van der Waals surface area contributed by atoms with Crippen molar-refractivity contribution < 1.29 is 22.4 Å². The zero-order valence-electron chi connectivity index (χ0n) is 17.6. The number of halogens is 3. The molecule has 32 heavy (non-hydrogen) atoms. The fourth-order valence-electron chi connectivity index (χ4n) is 3.53. The SMILES string of the molecule is CN1Cc2ccc(-c3nc(C#N)ccc3-c3cnc(CC(C)(C)C(F)(F)F)o3)cc2C1=O. The van der Waals surface area contributed by atoms with Gasteiger partial charge in [-0.15, -0.1) is 0 Å². The Kier molecular flexibility index (Phi) is 5.04. The van der Waals surface area contributed by atoms with E-state index < -0.39 is 18.0 Å². The summed E-state index contributed by atoms with van der Waals surface area (Å²) >= 11 is 0. The zero-order valence-corrected chi connectivity index (χ0v) is 17.6. The molecule has 3 aromatic rings. The number of carbonyl (C=O) groups excluding carboxylic acids is 1. The maximum Gasteiger partial charge on any atom is 0.394 e. The number of pyridine rings is 1. The summed E-state index contributed by atoms with van der Waals surface area (Å²) in [7, 11) is 1.71. The van der Waals surface area contributed by atoms with E-state index >= 15 is 0 Å². The van der Waals surface area contributed by atoms with Gasteiger partial charge in [-0.1, -0.05) is 26.0 Å². The molecule has 0 saturated heterocycles. The lowest BCUT2D eigenvalue weighted by atomic mass is 9.88. The summed E-state index contributed by atoms with van der Waals surface area (Å²) < 4.78 is 45.4. The minimum atomic E-state index is -4.41. The number of fused-ring (bicyclic) bond motifs is 1. The second kappa shape index (κ2) is 7.48. The number of hydrogen-bond acceptors (Lipinski definition) is 5. The topological polar surface area (TPSA) is 83.0 Å². The number of benzene rings is 1. The van der Waals surface area contributed by atoms with Gasteiger partial charge in [0.2, 0.25) is 0 Å². The van der Waals surface area contributed by atoms with E-state index in [0.717, 1.165) is 19.4 Å². The summed E-state index contributed by atoms with van der Waals surface area (Å²) in [5, 5.41) is 9.29. The van der Waals surface area contributed by atoms with Gasteiger partial charge < -0.3 is 9.32 Å². The number of nitriles is 1. The lowest BCUT2D eigenvalue weighted by Crippen LogP contribution is -2.34. The van der Waals surface area contributed by atoms with Crippen molar-refractivity contribution in [1.29, 1.82) is 5.26 Å². The predicted octanol–water partition coefficient (Wildman–Crippen LogP) is 4.99. The van der Waals surface area contributed by atoms with Gasteiger partial charge in [0, 0.05) is 36.7 Å². The van der Waals surface area contributed by atoms with Crippen molar-refractivity contribution in [3.8, 4) is 28.7 Å². The molecule has 0 bridgehead atoms. The van der Waals surface area contributed by atoms with Crippen molar-refractivity contribution in [3.63, 3.8) is 0 Å². The van der Waals surface area contributed by atoms with Gasteiger partial charge in [0.05, 0.1) is 17.3 Å². The van der Waals surface area contributed by atoms with Gasteiger partial charge in [-0.2, -0.15) is 18.4 Å². The number of nitrogens with zero attached hydrogens (tertiary/aromatic N) is 4. The zero-order chi connectivity index (χ0) is 23.3. The molecule has 0 unspecified atom stereocenters. The summed E-state index contributed by atoms with van der Waals surface area (Å²) in [6.07, 6.45) is -3.48. The number of carbonyl (C=O) groups is 1. The molecule has 1 aromatic carbocycles. The van der Waals surface area contributed by atoms with Crippen molar-refractivity contribution in [2.75, 3.05) is 7.05 Å². The molecule has 2 aromatic heterocycles. The maximum absolute atomic E-state index is 13.2. The molecule has 0 saturated carbocycles. The van der Waals surface area contributed by atoms with Gasteiger partial charge in [0.15, 0.2) is 11.7 Å². The molecule has 1 aliphatic heterocycles. The molecule has 1 amide bonds. The predicted molar refractivity (Wildman–Crippen MR) is 109 cm³/mol. The van der Waals surface area contributed by atoms with Gasteiger partial charge in [0.1, 0.15) is 11.8 Å². The molecule has 0 N–H and O–H groups in total. The molecular formula is C23H19F3N4O2. The molecule has 1 aliphatic rings. The first-order valence-electron chi connectivity index (χ1n) is 9.82. The third-order valence-electron chi connectivity index (χ3n) is 5.56. The Labute approximate surface area is 182 Å². The average Bonchev–Trinajstić information content (AvgIpc) is 3.30. The Morgan fingerprint density at radius 2 is 1.94 bits per heavy atom. The summed E-state index contributed by atoms with van der Waals surface area (Å²) in [6, 6.07) is 10.4. The highest BCUT2D eigenvalue weighted by Gasteiger charge is 2.48. The van der Waals surface area contributed by atoms with E-state index in [0.29, 0.717) is 28.9 Å². The van der Waals surface area contributed by atoms with Gasteiger partial charge in [-0.3, -0.25) is 4.79 Å². The van der Waals surface area contributed by atoms with E-state index in [4.69, 9.17) is 4.42 Å². The maximum atomic E-state index is 13.2. The summed E-state index contributed by atoms with van der Waals surface area (Å²) in [6.45, 7) is 2.68. The van der Waals surface area contributed by atoms with Crippen LogP contribution in [0.4, 0.5) is 13.2 Å². The minimum Gasteiger partial charge on any atom is -0.441 e. The van der Waals surface area contributed by atoms with Crippen LogP contribution in [0.3, 0.4) is 0 Å². The first-order chi connectivity index (χ1) is 15.0. The molecule has 0 aliphatic carbocycles. The Morgan fingerprint density at radius 3 is 2.62 bits per heavy atom. The minimum absolute atomic E-state index is 0.0524. The molecule has 0 atom stereocenters. The van der Waals surface area contributed by atoms with E-state index in [1.807, 2.05) is 12.1 Å². The number of alkyl halides is 3. The molecular weight excluding hydrogens is 421 g/mol. The second-order valence-electron chi connectivity index (χ2n) is 8.41. The molecule has 6 nitrogen and oxygen atoms in total. The smallest absolute Gasteiger partial charge is 0.394 e. The molecule has 4 rings (SSSR count). The molecule has 0 radical (unpaired) electrons. The van der Waals surface area contributed by atoms with Crippen molar-refractivity contribution in [2.45, 2.75) is 33.0 Å². The second-order valence-corrected chi connectivity index (χ2v) is 8.41. The highest BCUT2D eigenvalue weighted by molar-refractivity contribution is 5.99. The van der Waals surface area contributed by atoms with E-state index in [1.165, 1.54) is 12.3 Å². The summed E-state index contributed by atoms with van der Waals surface area (Å²) in [5.41, 5.74) is 1.02. The van der Waals surface area contributed by atoms with E-state index in [-0.39, 0.29) is 23.3 Å². The van der Waals surface area contributed by atoms with E-state index in [2.05, 4.69) is 9.97 Å². The molecule has 164 valence electrons. The van der Waals surface area contributed by atoms with Crippen molar-refractivity contribution in [1.82, 2.24) is 14.9 Å². The van der Waals surface area contributed by atoms with Gasteiger partial charge >= 0.3 is 6.18 Å². The van der Waals surface area contributed by atoms with Crippen LogP contribution in [0.25, 0.3) is 22.6 Å². The van der Waals surface area contributed by atoms with Crippen molar-refractivity contribution >= 4 is 5.91 Å². The third kappa shape index (κ3) is 3.73.